The molecule has 0 aliphatic rings. The van der Waals surface area contributed by atoms with Gasteiger partial charge in [0, 0.05) is 31.2 Å². The van der Waals surface area contributed by atoms with Gasteiger partial charge in [-0.05, 0) is 24.1 Å². The lowest BCUT2D eigenvalue weighted by atomic mass is 10.1. The van der Waals surface area contributed by atoms with Gasteiger partial charge in [0.15, 0.2) is 0 Å². The summed E-state index contributed by atoms with van der Waals surface area (Å²) < 4.78 is 1.50. The van der Waals surface area contributed by atoms with E-state index in [1.165, 1.54) is 10.9 Å². The van der Waals surface area contributed by atoms with Crippen molar-refractivity contribution in [3.8, 4) is 0 Å². The monoisotopic (exact) mass is 201 g/mol. The number of aryl methyl sites for hydroxylation is 1. The van der Waals surface area contributed by atoms with Crippen LogP contribution in [0.5, 0.6) is 0 Å². The van der Waals surface area contributed by atoms with Crippen LogP contribution in [0.1, 0.15) is 16.8 Å². The van der Waals surface area contributed by atoms with Gasteiger partial charge in [-0.15, -0.1) is 0 Å². The molecule has 0 aliphatic heterocycles. The van der Waals surface area contributed by atoms with Crippen LogP contribution in [0.4, 0.5) is 0 Å². The summed E-state index contributed by atoms with van der Waals surface area (Å²) in [6.07, 6.45) is 9.47. The number of hydrogen-bond donors (Lipinski definition) is 0. The molecular weight excluding hydrogens is 190 g/mol. The van der Waals surface area contributed by atoms with Gasteiger partial charge in [0.25, 0.3) is 0 Å². The zero-order valence-corrected chi connectivity index (χ0v) is 8.21. The number of pyridine rings is 1. The van der Waals surface area contributed by atoms with Crippen molar-refractivity contribution >= 4 is 5.91 Å². The van der Waals surface area contributed by atoms with Crippen molar-refractivity contribution in [2.45, 2.75) is 12.8 Å². The van der Waals surface area contributed by atoms with Crippen molar-refractivity contribution in [2.75, 3.05) is 0 Å². The summed E-state index contributed by atoms with van der Waals surface area (Å²) >= 11 is 0. The summed E-state index contributed by atoms with van der Waals surface area (Å²) in [5.74, 6) is 0.0595. The summed E-state index contributed by atoms with van der Waals surface area (Å²) in [5, 5.41) is 0. The summed E-state index contributed by atoms with van der Waals surface area (Å²) in [5.41, 5.74) is 1.12. The van der Waals surface area contributed by atoms with Crippen molar-refractivity contribution in [1.82, 2.24) is 14.5 Å². The van der Waals surface area contributed by atoms with E-state index < -0.39 is 0 Å². The SMILES string of the molecule is O=C(CCc1ccncc1)n1ccnc1. The Morgan fingerprint density at radius 2 is 2.00 bits per heavy atom. The molecule has 2 rings (SSSR count). The molecule has 0 spiro atoms. The first-order valence-corrected chi connectivity index (χ1v) is 4.76. The maximum Gasteiger partial charge on any atom is 0.232 e. The molecule has 0 amide bonds. The van der Waals surface area contributed by atoms with E-state index in [2.05, 4.69) is 9.97 Å². The quantitative estimate of drug-likeness (QED) is 0.757. The predicted molar refractivity (Wildman–Crippen MR) is 55.4 cm³/mol. The van der Waals surface area contributed by atoms with E-state index in [-0.39, 0.29) is 5.91 Å². The minimum Gasteiger partial charge on any atom is -0.276 e. The third-order valence-corrected chi connectivity index (χ3v) is 2.17. The normalized spacial score (nSPS) is 10.1. The first kappa shape index (κ1) is 9.58. The summed E-state index contributed by atoms with van der Waals surface area (Å²) in [4.78, 5) is 19.3. The van der Waals surface area contributed by atoms with Gasteiger partial charge in [-0.1, -0.05) is 0 Å². The lowest BCUT2D eigenvalue weighted by molar-refractivity contribution is 0.0903. The smallest absolute Gasteiger partial charge is 0.232 e. The zero-order chi connectivity index (χ0) is 10.5. The maximum absolute atomic E-state index is 11.6. The first-order valence-electron chi connectivity index (χ1n) is 4.76. The number of carbonyl (C=O) groups is 1. The second-order valence-electron chi connectivity index (χ2n) is 3.22. The molecule has 4 heteroatoms. The van der Waals surface area contributed by atoms with Gasteiger partial charge in [-0.2, -0.15) is 0 Å². The van der Waals surface area contributed by atoms with Crippen molar-refractivity contribution in [2.24, 2.45) is 0 Å². The van der Waals surface area contributed by atoms with Crippen LogP contribution in [-0.4, -0.2) is 20.4 Å². The van der Waals surface area contributed by atoms with Crippen LogP contribution in [-0.2, 0) is 6.42 Å². The van der Waals surface area contributed by atoms with E-state index >= 15 is 0 Å². The first-order chi connectivity index (χ1) is 7.36. The van der Waals surface area contributed by atoms with E-state index in [1.54, 1.807) is 24.8 Å². The van der Waals surface area contributed by atoms with E-state index in [9.17, 15) is 4.79 Å². The Morgan fingerprint density at radius 3 is 2.67 bits per heavy atom. The number of imidazole rings is 1. The third-order valence-electron chi connectivity index (χ3n) is 2.17. The number of rotatable bonds is 3. The molecule has 0 unspecified atom stereocenters. The lowest BCUT2D eigenvalue weighted by Gasteiger charge is -2.00. The molecule has 0 fully saturated rings. The van der Waals surface area contributed by atoms with Crippen LogP contribution in [0, 0.1) is 0 Å². The molecule has 4 nitrogen and oxygen atoms in total. The number of hydrogen-bond acceptors (Lipinski definition) is 3. The molecule has 2 aromatic heterocycles. The Bertz CT molecular complexity index is 422. The number of aromatic nitrogens is 3. The van der Waals surface area contributed by atoms with Crippen molar-refractivity contribution < 1.29 is 4.79 Å². The van der Waals surface area contributed by atoms with Crippen LogP contribution in [0.25, 0.3) is 0 Å². The Balaban J connectivity index is 1.92. The second-order valence-corrected chi connectivity index (χ2v) is 3.22. The highest BCUT2D eigenvalue weighted by Gasteiger charge is 2.03. The van der Waals surface area contributed by atoms with Gasteiger partial charge in [0.05, 0.1) is 0 Å². The molecule has 0 aromatic carbocycles. The largest absolute Gasteiger partial charge is 0.276 e. The van der Waals surface area contributed by atoms with Crippen LogP contribution >= 0.6 is 0 Å². The Hall–Kier alpha value is -1.97. The fourth-order valence-corrected chi connectivity index (χ4v) is 1.34. The number of nitrogens with zero attached hydrogens (tertiary/aromatic N) is 3. The second kappa shape index (κ2) is 4.50. The highest BCUT2D eigenvalue weighted by atomic mass is 16.2. The van der Waals surface area contributed by atoms with Gasteiger partial charge in [-0.25, -0.2) is 4.98 Å². The molecule has 76 valence electrons. The maximum atomic E-state index is 11.6. The van der Waals surface area contributed by atoms with Gasteiger partial charge < -0.3 is 0 Å². The Kier molecular flexibility index (Phi) is 2.88. The molecule has 0 aliphatic carbocycles. The zero-order valence-electron chi connectivity index (χ0n) is 8.21. The van der Waals surface area contributed by atoms with Crippen LogP contribution in [0.15, 0.2) is 43.2 Å². The topological polar surface area (TPSA) is 47.8 Å². The minimum absolute atomic E-state index is 0.0595. The summed E-state index contributed by atoms with van der Waals surface area (Å²) in [6, 6.07) is 3.84. The predicted octanol–water partition coefficient (Wildman–Crippen LogP) is 1.55. The van der Waals surface area contributed by atoms with Gasteiger partial charge in [0.1, 0.15) is 6.33 Å². The van der Waals surface area contributed by atoms with Crippen LogP contribution in [0.2, 0.25) is 0 Å². The average Bonchev–Trinajstić information content (AvgIpc) is 2.81. The molecule has 2 heterocycles. The molecule has 0 bridgehead atoms. The summed E-state index contributed by atoms with van der Waals surface area (Å²) in [7, 11) is 0. The number of carbonyl (C=O) groups excluding carboxylic acids is 1. The summed E-state index contributed by atoms with van der Waals surface area (Å²) in [6.45, 7) is 0. The molecule has 0 saturated heterocycles. The fraction of sp³-hybridized carbons (Fsp3) is 0.182. The van der Waals surface area contributed by atoms with Gasteiger partial charge in [0.2, 0.25) is 5.91 Å². The van der Waals surface area contributed by atoms with Crippen molar-refractivity contribution in [3.63, 3.8) is 0 Å². The van der Waals surface area contributed by atoms with E-state index in [1.807, 2.05) is 12.1 Å². The molecule has 0 atom stereocenters. The third kappa shape index (κ3) is 2.49. The highest BCUT2D eigenvalue weighted by Crippen LogP contribution is 2.02. The van der Waals surface area contributed by atoms with Crippen LogP contribution < -0.4 is 0 Å². The van der Waals surface area contributed by atoms with E-state index in [0.29, 0.717) is 6.42 Å². The molecule has 0 N–H and O–H groups in total. The molecule has 15 heavy (non-hydrogen) atoms. The van der Waals surface area contributed by atoms with Crippen molar-refractivity contribution in [1.29, 1.82) is 0 Å². The molecule has 2 aromatic rings. The van der Waals surface area contributed by atoms with E-state index in [4.69, 9.17) is 0 Å². The van der Waals surface area contributed by atoms with Crippen molar-refractivity contribution in [3.05, 3.63) is 48.8 Å². The van der Waals surface area contributed by atoms with E-state index in [0.717, 1.165) is 12.0 Å². The molecular formula is C11H11N3O. The highest BCUT2D eigenvalue weighted by molar-refractivity contribution is 5.78. The van der Waals surface area contributed by atoms with Gasteiger partial charge >= 0.3 is 0 Å². The Labute approximate surface area is 87.6 Å². The fourth-order valence-electron chi connectivity index (χ4n) is 1.34. The average molecular weight is 201 g/mol. The molecule has 0 saturated carbocycles. The Morgan fingerprint density at radius 1 is 1.20 bits per heavy atom. The lowest BCUT2D eigenvalue weighted by Crippen LogP contribution is -2.09. The van der Waals surface area contributed by atoms with Gasteiger partial charge in [-0.3, -0.25) is 14.3 Å². The minimum atomic E-state index is 0.0595. The van der Waals surface area contributed by atoms with Crippen LogP contribution in [0.3, 0.4) is 0 Å². The standard InChI is InChI=1S/C11H11N3O/c15-11(14-8-7-13-9-14)2-1-10-3-5-12-6-4-10/h3-9H,1-2H2. The molecule has 0 radical (unpaired) electrons.